The Balaban J connectivity index is 1.74. The fraction of sp³-hybridized carbons (Fsp3) is 0.235. The minimum Gasteiger partial charge on any atom is -0.362 e. The first kappa shape index (κ1) is 21.2. The molecule has 0 unspecified atom stereocenters. The number of halogens is 5. The summed E-state index contributed by atoms with van der Waals surface area (Å²) < 4.78 is 38.1. The van der Waals surface area contributed by atoms with Crippen LogP contribution in [0.5, 0.6) is 0 Å². The van der Waals surface area contributed by atoms with Crippen molar-refractivity contribution in [1.29, 1.82) is 0 Å². The summed E-state index contributed by atoms with van der Waals surface area (Å²) in [5.41, 5.74) is 0.441. The van der Waals surface area contributed by atoms with Gasteiger partial charge >= 0.3 is 6.18 Å². The first-order valence-electron chi connectivity index (χ1n) is 7.50. The van der Waals surface area contributed by atoms with E-state index in [1.165, 1.54) is 12.1 Å². The van der Waals surface area contributed by atoms with Crippen molar-refractivity contribution in [2.75, 3.05) is 17.6 Å². The lowest BCUT2D eigenvalue weighted by Gasteiger charge is -2.13. The maximum absolute atomic E-state index is 12.7. The Morgan fingerprint density at radius 3 is 2.38 bits per heavy atom. The average molecular weight is 439 g/mol. The van der Waals surface area contributed by atoms with E-state index in [0.29, 0.717) is 22.3 Å². The molecule has 0 aliphatic rings. The third-order valence-corrected chi connectivity index (χ3v) is 5.23. The van der Waals surface area contributed by atoms with Crippen molar-refractivity contribution in [2.24, 2.45) is 0 Å². The summed E-state index contributed by atoms with van der Waals surface area (Å²) >= 11 is 18.9. The van der Waals surface area contributed by atoms with E-state index >= 15 is 0 Å². The van der Waals surface area contributed by atoms with Crippen LogP contribution in [-0.4, -0.2) is 17.4 Å². The van der Waals surface area contributed by atoms with E-state index in [2.05, 4.69) is 10.6 Å². The molecule has 0 fully saturated rings. The van der Waals surface area contributed by atoms with Gasteiger partial charge in [0.2, 0.25) is 0 Å². The van der Waals surface area contributed by atoms with Crippen LogP contribution in [0.15, 0.2) is 42.5 Å². The highest BCUT2D eigenvalue weighted by atomic mass is 35.5. The molecule has 0 heterocycles. The van der Waals surface area contributed by atoms with Gasteiger partial charge in [-0.15, -0.1) is 0 Å². The zero-order valence-electron chi connectivity index (χ0n) is 13.4. The molecule has 0 radical (unpaired) electrons. The van der Waals surface area contributed by atoms with E-state index in [1.54, 1.807) is 30.0 Å². The third-order valence-electron chi connectivity index (χ3n) is 3.29. The number of hydrogen-bond donors (Lipinski definition) is 2. The quantitative estimate of drug-likeness (QED) is 0.412. The van der Waals surface area contributed by atoms with Gasteiger partial charge in [-0.3, -0.25) is 0 Å². The van der Waals surface area contributed by atoms with E-state index in [-0.39, 0.29) is 10.8 Å². The number of hydrogen-bond acceptors (Lipinski definition) is 2. The topological polar surface area (TPSA) is 24.1 Å². The first-order chi connectivity index (χ1) is 12.3. The molecule has 2 aromatic carbocycles. The molecule has 0 spiro atoms. The van der Waals surface area contributed by atoms with Crippen LogP contribution in [-0.2, 0) is 11.9 Å². The average Bonchev–Trinajstić information content (AvgIpc) is 2.56. The molecular weight excluding hydrogens is 424 g/mol. The highest BCUT2D eigenvalue weighted by Gasteiger charge is 2.30. The number of thioether (sulfide) groups is 1. The molecule has 0 atom stereocenters. The van der Waals surface area contributed by atoms with E-state index in [0.717, 1.165) is 23.4 Å². The Hall–Kier alpha value is -1.15. The normalized spacial score (nSPS) is 11.3. The van der Waals surface area contributed by atoms with Gasteiger partial charge < -0.3 is 10.6 Å². The Morgan fingerprint density at radius 1 is 1.08 bits per heavy atom. The van der Waals surface area contributed by atoms with Crippen LogP contribution in [0, 0.1) is 0 Å². The molecule has 0 aliphatic carbocycles. The molecule has 0 aliphatic heterocycles. The van der Waals surface area contributed by atoms with Gasteiger partial charge in [0.25, 0.3) is 0 Å². The van der Waals surface area contributed by atoms with Gasteiger partial charge in [0, 0.05) is 33.8 Å². The molecule has 0 saturated carbocycles. The van der Waals surface area contributed by atoms with Gasteiger partial charge in [-0.2, -0.15) is 24.9 Å². The molecule has 2 rings (SSSR count). The van der Waals surface area contributed by atoms with Crippen molar-refractivity contribution < 1.29 is 13.2 Å². The van der Waals surface area contributed by atoms with Crippen LogP contribution in [0.25, 0.3) is 0 Å². The maximum atomic E-state index is 12.7. The summed E-state index contributed by atoms with van der Waals surface area (Å²) in [5, 5.41) is 7.22. The lowest BCUT2D eigenvalue weighted by molar-refractivity contribution is -0.137. The summed E-state index contributed by atoms with van der Waals surface area (Å²) in [6.45, 7) is 0.553. The SMILES string of the molecule is FC(F)(F)c1cccc(NC(=S)NCCSCc2c(Cl)cccc2Cl)c1. The van der Waals surface area contributed by atoms with Crippen molar-refractivity contribution in [2.45, 2.75) is 11.9 Å². The third kappa shape index (κ3) is 6.54. The van der Waals surface area contributed by atoms with E-state index < -0.39 is 11.7 Å². The number of nitrogens with one attached hydrogen (secondary N) is 2. The van der Waals surface area contributed by atoms with Gasteiger partial charge in [0.05, 0.1) is 5.56 Å². The minimum atomic E-state index is -4.39. The first-order valence-corrected chi connectivity index (χ1v) is 9.82. The number of thiocarbonyl (C=S) groups is 1. The highest BCUT2D eigenvalue weighted by molar-refractivity contribution is 7.98. The lowest BCUT2D eigenvalue weighted by Crippen LogP contribution is -2.30. The zero-order valence-corrected chi connectivity index (χ0v) is 16.5. The van der Waals surface area contributed by atoms with Crippen molar-refractivity contribution in [1.82, 2.24) is 5.32 Å². The molecule has 0 aromatic heterocycles. The fourth-order valence-corrected chi connectivity index (χ4v) is 3.85. The number of anilines is 1. The van der Waals surface area contributed by atoms with Crippen molar-refractivity contribution in [3.63, 3.8) is 0 Å². The second-order valence-corrected chi connectivity index (χ2v) is 7.54. The van der Waals surface area contributed by atoms with Crippen LogP contribution >= 0.6 is 47.2 Å². The van der Waals surface area contributed by atoms with E-state index in [4.69, 9.17) is 35.4 Å². The Labute approximate surface area is 169 Å². The smallest absolute Gasteiger partial charge is 0.362 e. The zero-order chi connectivity index (χ0) is 19.2. The number of rotatable bonds is 6. The summed E-state index contributed by atoms with van der Waals surface area (Å²) in [7, 11) is 0. The molecule has 140 valence electrons. The summed E-state index contributed by atoms with van der Waals surface area (Å²) in [6.07, 6.45) is -4.39. The molecule has 0 amide bonds. The van der Waals surface area contributed by atoms with Gasteiger partial charge in [0.1, 0.15) is 0 Å². The van der Waals surface area contributed by atoms with Crippen LogP contribution in [0.3, 0.4) is 0 Å². The van der Waals surface area contributed by atoms with Gasteiger partial charge in [0.15, 0.2) is 5.11 Å². The largest absolute Gasteiger partial charge is 0.416 e. The second-order valence-electron chi connectivity index (χ2n) is 5.21. The van der Waals surface area contributed by atoms with Gasteiger partial charge in [-0.1, -0.05) is 35.3 Å². The fourth-order valence-electron chi connectivity index (χ4n) is 2.03. The van der Waals surface area contributed by atoms with Crippen molar-refractivity contribution >= 4 is 58.0 Å². The highest BCUT2D eigenvalue weighted by Crippen LogP contribution is 2.30. The predicted octanol–water partition coefficient (Wildman–Crippen LogP) is 6.23. The standard InChI is InChI=1S/C17H15Cl2F3N2S2/c18-14-5-2-6-15(19)13(14)10-26-8-7-23-16(25)24-12-4-1-3-11(9-12)17(20,21)22/h1-6,9H,7-8,10H2,(H2,23,24,25). The van der Waals surface area contributed by atoms with Crippen LogP contribution in [0.2, 0.25) is 10.0 Å². The number of alkyl halides is 3. The Bertz CT molecular complexity index is 750. The minimum absolute atomic E-state index is 0.265. The molecule has 2 N–H and O–H groups in total. The Kier molecular flexibility index (Phi) is 7.88. The summed E-state index contributed by atoms with van der Waals surface area (Å²) in [6, 6.07) is 10.2. The van der Waals surface area contributed by atoms with Crippen LogP contribution in [0.1, 0.15) is 11.1 Å². The van der Waals surface area contributed by atoms with Crippen molar-refractivity contribution in [3.8, 4) is 0 Å². The lowest BCUT2D eigenvalue weighted by atomic mass is 10.2. The van der Waals surface area contributed by atoms with Crippen LogP contribution in [0.4, 0.5) is 18.9 Å². The van der Waals surface area contributed by atoms with Gasteiger partial charge in [-0.25, -0.2) is 0 Å². The molecule has 9 heteroatoms. The summed E-state index contributed by atoms with van der Waals surface area (Å²) in [5.74, 6) is 1.39. The van der Waals surface area contributed by atoms with E-state index in [9.17, 15) is 13.2 Å². The van der Waals surface area contributed by atoms with Gasteiger partial charge in [-0.05, 0) is 48.1 Å². The predicted molar refractivity (Wildman–Crippen MR) is 108 cm³/mol. The molecular formula is C17H15Cl2F3N2S2. The monoisotopic (exact) mass is 438 g/mol. The molecule has 2 nitrogen and oxygen atoms in total. The molecule has 2 aromatic rings. The summed E-state index contributed by atoms with van der Waals surface area (Å²) in [4.78, 5) is 0. The maximum Gasteiger partial charge on any atom is 0.416 e. The molecule has 26 heavy (non-hydrogen) atoms. The number of benzene rings is 2. The second kappa shape index (κ2) is 9.69. The van der Waals surface area contributed by atoms with Crippen molar-refractivity contribution in [3.05, 3.63) is 63.6 Å². The van der Waals surface area contributed by atoms with E-state index in [1.807, 2.05) is 0 Å². The molecule has 0 saturated heterocycles. The van der Waals surface area contributed by atoms with Crippen LogP contribution < -0.4 is 10.6 Å². The Morgan fingerprint density at radius 2 is 1.73 bits per heavy atom. The molecule has 0 bridgehead atoms.